The molecule has 1 aromatic heterocycles. The first kappa shape index (κ1) is 7.15. The monoisotopic (exact) mass is 173 g/mol. The Kier molecular flexibility index (Phi) is 1.30. The fourth-order valence-corrected chi connectivity index (χ4v) is 2.22. The van der Waals surface area contributed by atoms with Crippen molar-refractivity contribution in [1.29, 1.82) is 0 Å². The predicted molar refractivity (Wildman–Crippen MR) is 51.6 cm³/mol. The first-order valence-electron chi connectivity index (χ1n) is 4.64. The molecule has 1 aliphatic carbocycles. The summed E-state index contributed by atoms with van der Waals surface area (Å²) in [4.78, 5) is 3.35. The van der Waals surface area contributed by atoms with Gasteiger partial charge in [-0.15, -0.1) is 0 Å². The molecule has 13 heavy (non-hydrogen) atoms. The Bertz CT molecular complexity index is 458. The highest BCUT2D eigenvalue weighted by Gasteiger charge is 2.24. The molecular weight excluding hydrogens is 162 g/mol. The van der Waals surface area contributed by atoms with Gasteiger partial charge in [-0.05, 0) is 18.9 Å². The van der Waals surface area contributed by atoms with E-state index in [0.29, 0.717) is 0 Å². The third kappa shape index (κ3) is 0.864. The molecule has 0 saturated carbocycles. The smallest absolute Gasteiger partial charge is 0.0817 e. The lowest BCUT2D eigenvalue weighted by molar-refractivity contribution is 0.181. The Labute approximate surface area is 76.2 Å². The molecule has 1 unspecified atom stereocenters. The van der Waals surface area contributed by atoms with Gasteiger partial charge in [-0.3, -0.25) is 0 Å². The van der Waals surface area contributed by atoms with Crippen LogP contribution in [0.15, 0.2) is 24.3 Å². The maximum Gasteiger partial charge on any atom is 0.0817 e. The molecule has 3 rings (SSSR count). The van der Waals surface area contributed by atoms with Crippen molar-refractivity contribution in [3.63, 3.8) is 0 Å². The summed E-state index contributed by atoms with van der Waals surface area (Å²) < 4.78 is 0. The summed E-state index contributed by atoms with van der Waals surface area (Å²) in [5, 5.41) is 10.9. The average Bonchev–Trinajstić information content (AvgIpc) is 2.66. The Morgan fingerprint density at radius 1 is 1.31 bits per heavy atom. The van der Waals surface area contributed by atoms with Gasteiger partial charge in [0.15, 0.2) is 0 Å². The summed E-state index contributed by atoms with van der Waals surface area (Å²) in [6.07, 6.45) is 1.59. The van der Waals surface area contributed by atoms with Crippen LogP contribution in [0.1, 0.15) is 23.8 Å². The molecule has 0 aliphatic heterocycles. The molecule has 0 fully saturated rings. The van der Waals surface area contributed by atoms with E-state index in [2.05, 4.69) is 17.1 Å². The highest BCUT2D eigenvalue weighted by atomic mass is 16.3. The molecule has 0 radical (unpaired) electrons. The summed E-state index contributed by atoms with van der Waals surface area (Å²) in [6.45, 7) is 0. The number of para-hydroxylation sites is 1. The maximum atomic E-state index is 9.75. The highest BCUT2D eigenvalue weighted by Crippen LogP contribution is 2.36. The summed E-state index contributed by atoms with van der Waals surface area (Å²) in [5.41, 5.74) is 3.48. The average molecular weight is 173 g/mol. The Morgan fingerprint density at radius 3 is 3.08 bits per heavy atom. The fraction of sp³-hybridized carbons (Fsp3) is 0.273. The minimum atomic E-state index is -0.258. The van der Waals surface area contributed by atoms with Gasteiger partial charge in [-0.1, -0.05) is 18.2 Å². The van der Waals surface area contributed by atoms with Gasteiger partial charge in [0.1, 0.15) is 0 Å². The molecule has 2 nitrogen and oxygen atoms in total. The van der Waals surface area contributed by atoms with E-state index in [0.717, 1.165) is 23.9 Å². The van der Waals surface area contributed by atoms with Crippen LogP contribution in [0.25, 0.3) is 10.9 Å². The van der Waals surface area contributed by atoms with E-state index in [4.69, 9.17) is 0 Å². The van der Waals surface area contributed by atoms with E-state index >= 15 is 0 Å². The summed E-state index contributed by atoms with van der Waals surface area (Å²) >= 11 is 0. The van der Waals surface area contributed by atoms with E-state index in [-0.39, 0.29) is 6.10 Å². The van der Waals surface area contributed by atoms with Crippen LogP contribution >= 0.6 is 0 Å². The van der Waals surface area contributed by atoms with E-state index in [9.17, 15) is 5.11 Å². The van der Waals surface area contributed by atoms with E-state index in [1.165, 1.54) is 11.1 Å². The van der Waals surface area contributed by atoms with E-state index in [1.807, 2.05) is 12.1 Å². The zero-order valence-corrected chi connectivity index (χ0v) is 7.25. The van der Waals surface area contributed by atoms with Gasteiger partial charge < -0.3 is 10.1 Å². The second-order valence-electron chi connectivity index (χ2n) is 3.62. The molecule has 0 spiro atoms. The van der Waals surface area contributed by atoms with Gasteiger partial charge in [0.2, 0.25) is 0 Å². The van der Waals surface area contributed by atoms with Gasteiger partial charge in [-0.25, -0.2) is 0 Å². The number of aliphatic hydroxyl groups excluding tert-OH is 1. The van der Waals surface area contributed by atoms with Crippen LogP contribution in [0, 0.1) is 0 Å². The maximum absolute atomic E-state index is 9.75. The van der Waals surface area contributed by atoms with Crippen LogP contribution in [0.4, 0.5) is 0 Å². The standard InChI is InChI=1S/C11H11NO/c13-10-6-5-9-11(10)7-3-1-2-4-8(7)12-9/h1-4,10,12-13H,5-6H2. The molecule has 66 valence electrons. The zero-order valence-electron chi connectivity index (χ0n) is 7.25. The topological polar surface area (TPSA) is 36.0 Å². The van der Waals surface area contributed by atoms with Crippen LogP contribution in [0.2, 0.25) is 0 Å². The normalized spacial score (nSPS) is 20.8. The van der Waals surface area contributed by atoms with Crippen LogP contribution in [0.3, 0.4) is 0 Å². The van der Waals surface area contributed by atoms with Crippen molar-refractivity contribution < 1.29 is 5.11 Å². The number of benzene rings is 1. The number of H-pyrrole nitrogens is 1. The Morgan fingerprint density at radius 2 is 2.15 bits per heavy atom. The van der Waals surface area contributed by atoms with Crippen LogP contribution < -0.4 is 0 Å². The first-order chi connectivity index (χ1) is 6.36. The zero-order chi connectivity index (χ0) is 8.84. The van der Waals surface area contributed by atoms with Crippen molar-refractivity contribution in [2.75, 3.05) is 0 Å². The third-order valence-corrected chi connectivity index (χ3v) is 2.83. The number of hydrogen-bond donors (Lipinski definition) is 2. The second-order valence-corrected chi connectivity index (χ2v) is 3.62. The molecule has 2 aromatic rings. The fourth-order valence-electron chi connectivity index (χ4n) is 2.22. The number of rotatable bonds is 0. The number of aliphatic hydroxyl groups is 1. The van der Waals surface area contributed by atoms with Crippen molar-refractivity contribution >= 4 is 10.9 Å². The molecule has 0 amide bonds. The van der Waals surface area contributed by atoms with Crippen LogP contribution in [0.5, 0.6) is 0 Å². The number of aromatic amines is 1. The number of hydrogen-bond acceptors (Lipinski definition) is 1. The van der Waals surface area contributed by atoms with Crippen LogP contribution in [-0.2, 0) is 6.42 Å². The quantitative estimate of drug-likeness (QED) is 0.629. The molecule has 1 aliphatic rings. The van der Waals surface area contributed by atoms with Gasteiger partial charge >= 0.3 is 0 Å². The molecule has 1 aromatic carbocycles. The summed E-state index contributed by atoms with van der Waals surface area (Å²) in [6, 6.07) is 8.15. The summed E-state index contributed by atoms with van der Waals surface area (Å²) in [7, 11) is 0. The third-order valence-electron chi connectivity index (χ3n) is 2.83. The minimum Gasteiger partial charge on any atom is -0.388 e. The minimum absolute atomic E-state index is 0.258. The van der Waals surface area contributed by atoms with Crippen molar-refractivity contribution in [2.45, 2.75) is 18.9 Å². The van der Waals surface area contributed by atoms with Crippen molar-refractivity contribution in [2.24, 2.45) is 0 Å². The lowest BCUT2D eigenvalue weighted by Crippen LogP contribution is -1.88. The van der Waals surface area contributed by atoms with Crippen molar-refractivity contribution in [3.8, 4) is 0 Å². The highest BCUT2D eigenvalue weighted by molar-refractivity contribution is 5.85. The molecule has 0 bridgehead atoms. The predicted octanol–water partition coefficient (Wildman–Crippen LogP) is 2.15. The molecule has 1 atom stereocenters. The first-order valence-corrected chi connectivity index (χ1v) is 4.64. The Hall–Kier alpha value is -1.28. The Balaban J connectivity index is 2.40. The number of aromatic nitrogens is 1. The van der Waals surface area contributed by atoms with Crippen molar-refractivity contribution in [1.82, 2.24) is 4.98 Å². The SMILES string of the molecule is OC1CCc2[nH]c3ccccc3c21. The summed E-state index contributed by atoms with van der Waals surface area (Å²) in [5.74, 6) is 0. The van der Waals surface area contributed by atoms with Gasteiger partial charge in [0.25, 0.3) is 0 Å². The number of fused-ring (bicyclic) bond motifs is 3. The van der Waals surface area contributed by atoms with Crippen LogP contribution in [-0.4, -0.2) is 10.1 Å². The molecular formula is C11H11NO. The second kappa shape index (κ2) is 2.36. The van der Waals surface area contributed by atoms with E-state index in [1.54, 1.807) is 0 Å². The lowest BCUT2D eigenvalue weighted by atomic mass is 10.1. The molecule has 0 saturated heterocycles. The number of nitrogens with one attached hydrogen (secondary N) is 1. The van der Waals surface area contributed by atoms with Gasteiger partial charge in [0.05, 0.1) is 6.10 Å². The van der Waals surface area contributed by atoms with Crippen molar-refractivity contribution in [3.05, 3.63) is 35.5 Å². The van der Waals surface area contributed by atoms with E-state index < -0.39 is 0 Å². The van der Waals surface area contributed by atoms with Gasteiger partial charge in [0, 0.05) is 22.2 Å². The molecule has 2 heteroatoms. The molecule has 1 heterocycles. The largest absolute Gasteiger partial charge is 0.388 e. The van der Waals surface area contributed by atoms with Gasteiger partial charge in [-0.2, -0.15) is 0 Å². The number of aryl methyl sites for hydroxylation is 1. The molecule has 2 N–H and O–H groups in total. The lowest BCUT2D eigenvalue weighted by Gasteiger charge is -2.00.